The van der Waals surface area contributed by atoms with Gasteiger partial charge >= 0.3 is 6.55 Å². The molecule has 3 amide bonds. The zero-order chi connectivity index (χ0) is 18.9. The number of likely N-dealkylation sites (tertiary alicyclic amines) is 1. The second-order valence-electron chi connectivity index (χ2n) is 6.15. The summed E-state index contributed by atoms with van der Waals surface area (Å²) in [5.74, 6) is -1.12. The van der Waals surface area contributed by atoms with Crippen molar-refractivity contribution in [1.29, 1.82) is 0 Å². The summed E-state index contributed by atoms with van der Waals surface area (Å²) >= 11 is 0. The standard InChI is InChI=1S/C16H22F2N4O3/c1-5-6-21(12-8-13(23)20(4)15(12)25)14(24)7-11-9(2)19-22(10(11)3)16(17)18/h12,16H,5-8H2,1-4H3. The van der Waals surface area contributed by atoms with Gasteiger partial charge in [-0.2, -0.15) is 13.9 Å². The van der Waals surface area contributed by atoms with Gasteiger partial charge in [-0.3, -0.25) is 19.3 Å². The van der Waals surface area contributed by atoms with Crippen LogP contribution in [0.1, 0.15) is 43.3 Å². The van der Waals surface area contributed by atoms with E-state index in [-0.39, 0.29) is 30.3 Å². The lowest BCUT2D eigenvalue weighted by Gasteiger charge is -2.27. The first-order chi connectivity index (χ1) is 11.7. The molecular weight excluding hydrogens is 334 g/mol. The SMILES string of the molecule is CCCN(C(=O)Cc1c(C)nn(C(F)F)c1C)C1CC(=O)N(C)C1=O. The lowest BCUT2D eigenvalue weighted by atomic mass is 10.1. The first-order valence-electron chi connectivity index (χ1n) is 8.11. The Bertz CT molecular complexity index is 702. The molecule has 1 aliphatic rings. The molecular formula is C16H22F2N4O3. The van der Waals surface area contributed by atoms with Crippen molar-refractivity contribution in [2.75, 3.05) is 13.6 Å². The number of alkyl halides is 2. The van der Waals surface area contributed by atoms with Gasteiger partial charge in [-0.25, -0.2) is 4.68 Å². The second kappa shape index (κ2) is 7.28. The zero-order valence-corrected chi connectivity index (χ0v) is 14.8. The van der Waals surface area contributed by atoms with E-state index in [0.29, 0.717) is 28.9 Å². The van der Waals surface area contributed by atoms with E-state index in [9.17, 15) is 23.2 Å². The highest BCUT2D eigenvalue weighted by molar-refractivity contribution is 6.06. The number of imide groups is 1. The van der Waals surface area contributed by atoms with E-state index >= 15 is 0 Å². The number of likely N-dealkylation sites (N-methyl/N-ethyl adjacent to an activating group) is 1. The molecule has 2 rings (SSSR count). The maximum absolute atomic E-state index is 12.9. The highest BCUT2D eigenvalue weighted by Gasteiger charge is 2.41. The van der Waals surface area contributed by atoms with Crippen molar-refractivity contribution in [3.63, 3.8) is 0 Å². The molecule has 0 radical (unpaired) electrons. The molecule has 7 nitrogen and oxygen atoms in total. The molecule has 1 aromatic rings. The maximum Gasteiger partial charge on any atom is 0.333 e. The molecule has 1 atom stereocenters. The van der Waals surface area contributed by atoms with Gasteiger partial charge in [0, 0.05) is 24.8 Å². The minimum absolute atomic E-state index is 0.0463. The van der Waals surface area contributed by atoms with Crippen LogP contribution >= 0.6 is 0 Å². The Morgan fingerprint density at radius 1 is 1.36 bits per heavy atom. The van der Waals surface area contributed by atoms with Crippen LogP contribution in [0.5, 0.6) is 0 Å². The molecule has 1 aromatic heterocycles. The first kappa shape index (κ1) is 19.0. The van der Waals surface area contributed by atoms with Crippen molar-refractivity contribution in [1.82, 2.24) is 19.6 Å². The van der Waals surface area contributed by atoms with E-state index in [0.717, 1.165) is 4.90 Å². The number of aryl methyl sites for hydroxylation is 1. The molecule has 0 aliphatic carbocycles. The van der Waals surface area contributed by atoms with E-state index < -0.39 is 18.5 Å². The lowest BCUT2D eigenvalue weighted by molar-refractivity contribution is -0.143. The van der Waals surface area contributed by atoms with Crippen LogP contribution in [0, 0.1) is 13.8 Å². The van der Waals surface area contributed by atoms with Gasteiger partial charge in [-0.15, -0.1) is 0 Å². The number of carbonyl (C=O) groups excluding carboxylic acids is 3. The second-order valence-corrected chi connectivity index (χ2v) is 6.15. The average Bonchev–Trinajstić information content (AvgIpc) is 2.97. The number of nitrogens with zero attached hydrogens (tertiary/aromatic N) is 4. The van der Waals surface area contributed by atoms with Crippen molar-refractivity contribution < 1.29 is 23.2 Å². The summed E-state index contributed by atoms with van der Waals surface area (Å²) in [5, 5.41) is 3.77. The number of hydrogen-bond donors (Lipinski definition) is 0. The fourth-order valence-electron chi connectivity index (χ4n) is 3.07. The number of aromatic nitrogens is 2. The van der Waals surface area contributed by atoms with Gasteiger partial charge in [0.15, 0.2) is 0 Å². The van der Waals surface area contributed by atoms with Gasteiger partial charge in [0.1, 0.15) is 6.04 Å². The Kier molecular flexibility index (Phi) is 5.54. The maximum atomic E-state index is 12.9. The van der Waals surface area contributed by atoms with Crippen LogP contribution in [0.3, 0.4) is 0 Å². The molecule has 138 valence electrons. The molecule has 0 aromatic carbocycles. The fraction of sp³-hybridized carbons (Fsp3) is 0.625. The Balaban J connectivity index is 2.25. The van der Waals surface area contributed by atoms with Crippen molar-refractivity contribution >= 4 is 17.7 Å². The van der Waals surface area contributed by atoms with Crippen molar-refractivity contribution in [3.8, 4) is 0 Å². The molecule has 9 heteroatoms. The Labute approximate surface area is 144 Å². The summed E-state index contributed by atoms with van der Waals surface area (Å²) in [6.07, 6.45) is 0.434. The van der Waals surface area contributed by atoms with Crippen molar-refractivity contribution in [2.24, 2.45) is 0 Å². The molecule has 1 fully saturated rings. The van der Waals surface area contributed by atoms with Gasteiger partial charge in [-0.05, 0) is 20.3 Å². The first-order valence-corrected chi connectivity index (χ1v) is 8.11. The van der Waals surface area contributed by atoms with E-state index in [1.165, 1.54) is 18.9 Å². The minimum atomic E-state index is -2.78. The Hall–Kier alpha value is -2.32. The summed E-state index contributed by atoms with van der Waals surface area (Å²) in [7, 11) is 1.39. The molecule has 25 heavy (non-hydrogen) atoms. The van der Waals surface area contributed by atoms with Crippen LogP contribution in [-0.2, 0) is 20.8 Å². The van der Waals surface area contributed by atoms with Crippen LogP contribution in [0.25, 0.3) is 0 Å². The van der Waals surface area contributed by atoms with E-state index in [1.54, 1.807) is 6.92 Å². The van der Waals surface area contributed by atoms with Crippen LogP contribution in [-0.4, -0.2) is 56.9 Å². The van der Waals surface area contributed by atoms with E-state index in [4.69, 9.17) is 0 Å². The zero-order valence-electron chi connectivity index (χ0n) is 14.8. The predicted molar refractivity (Wildman–Crippen MR) is 84.8 cm³/mol. The minimum Gasteiger partial charge on any atom is -0.330 e. The molecule has 0 spiro atoms. The number of halogens is 2. The third-order valence-corrected chi connectivity index (χ3v) is 4.51. The summed E-state index contributed by atoms with van der Waals surface area (Å²) in [4.78, 5) is 39.1. The normalized spacial score (nSPS) is 17.7. The van der Waals surface area contributed by atoms with Crippen molar-refractivity contribution in [3.05, 3.63) is 17.0 Å². The molecule has 1 unspecified atom stereocenters. The lowest BCUT2D eigenvalue weighted by Crippen LogP contribution is -2.45. The Morgan fingerprint density at radius 3 is 2.44 bits per heavy atom. The van der Waals surface area contributed by atoms with Gasteiger partial charge in [-0.1, -0.05) is 6.92 Å². The topological polar surface area (TPSA) is 75.5 Å². The summed E-state index contributed by atoms with van der Waals surface area (Å²) in [6.45, 7) is 2.44. The van der Waals surface area contributed by atoms with Crippen molar-refractivity contribution in [2.45, 2.75) is 52.6 Å². The predicted octanol–water partition coefficient (Wildman–Crippen LogP) is 1.43. The van der Waals surface area contributed by atoms with E-state index in [2.05, 4.69) is 5.10 Å². The number of rotatable bonds is 6. The van der Waals surface area contributed by atoms with Crippen LogP contribution < -0.4 is 0 Å². The number of carbonyl (C=O) groups is 3. The van der Waals surface area contributed by atoms with Crippen LogP contribution in [0.4, 0.5) is 8.78 Å². The molecule has 1 saturated heterocycles. The van der Waals surface area contributed by atoms with Gasteiger partial charge < -0.3 is 4.90 Å². The van der Waals surface area contributed by atoms with Crippen LogP contribution in [0.15, 0.2) is 0 Å². The van der Waals surface area contributed by atoms with Gasteiger partial charge in [0.25, 0.3) is 5.91 Å². The fourth-order valence-corrected chi connectivity index (χ4v) is 3.07. The summed E-state index contributed by atoms with van der Waals surface area (Å²) in [5.41, 5.74) is 1.01. The quantitative estimate of drug-likeness (QED) is 0.723. The summed E-state index contributed by atoms with van der Waals surface area (Å²) in [6, 6.07) is -0.823. The molecule has 0 saturated carbocycles. The highest BCUT2D eigenvalue weighted by Crippen LogP contribution is 2.23. The third-order valence-electron chi connectivity index (χ3n) is 4.51. The Morgan fingerprint density at radius 2 is 2.00 bits per heavy atom. The van der Waals surface area contributed by atoms with Gasteiger partial charge in [0.05, 0.1) is 18.5 Å². The monoisotopic (exact) mass is 356 g/mol. The smallest absolute Gasteiger partial charge is 0.330 e. The summed E-state index contributed by atoms with van der Waals surface area (Å²) < 4.78 is 26.5. The highest BCUT2D eigenvalue weighted by atomic mass is 19.3. The van der Waals surface area contributed by atoms with E-state index in [1.807, 2.05) is 6.92 Å². The van der Waals surface area contributed by atoms with Gasteiger partial charge in [0.2, 0.25) is 11.8 Å². The molecule has 0 bridgehead atoms. The molecule has 2 heterocycles. The number of hydrogen-bond acceptors (Lipinski definition) is 4. The largest absolute Gasteiger partial charge is 0.333 e. The number of amides is 3. The third kappa shape index (κ3) is 3.54. The molecule has 1 aliphatic heterocycles. The van der Waals surface area contributed by atoms with Crippen LogP contribution in [0.2, 0.25) is 0 Å². The average molecular weight is 356 g/mol. The molecule has 0 N–H and O–H groups in total.